The summed E-state index contributed by atoms with van der Waals surface area (Å²) >= 11 is 1.65. The maximum atomic E-state index is 13.1. The second kappa shape index (κ2) is 4.89. The number of hydrogen-bond acceptors (Lipinski definition) is 5. The van der Waals surface area contributed by atoms with Crippen molar-refractivity contribution in [2.24, 2.45) is 0 Å². The van der Waals surface area contributed by atoms with Crippen LogP contribution < -0.4 is 9.80 Å². The molecule has 3 heterocycles. The normalized spacial score (nSPS) is 16.1. The maximum Gasteiger partial charge on any atom is 0.214 e. The Morgan fingerprint density at radius 1 is 1.11 bits per heavy atom. The van der Waals surface area contributed by atoms with Crippen molar-refractivity contribution in [1.82, 2.24) is 9.97 Å². The minimum absolute atomic E-state index is 0.421. The van der Waals surface area contributed by atoms with Crippen molar-refractivity contribution in [1.29, 1.82) is 0 Å². The number of anilines is 2. The van der Waals surface area contributed by atoms with Crippen molar-refractivity contribution < 1.29 is 4.39 Å². The lowest BCUT2D eigenvalue weighted by molar-refractivity contribution is 0.575. The van der Waals surface area contributed by atoms with Gasteiger partial charge in [0, 0.05) is 37.8 Å². The third kappa shape index (κ3) is 2.28. The quantitative estimate of drug-likeness (QED) is 0.777. The van der Waals surface area contributed by atoms with Crippen LogP contribution >= 0.6 is 11.3 Å². The first-order valence-electron chi connectivity index (χ1n) is 5.85. The predicted octanol–water partition coefficient (Wildman–Crippen LogP) is 2.00. The molecule has 2 aromatic heterocycles. The summed E-state index contributed by atoms with van der Waals surface area (Å²) in [6.07, 6.45) is 1.82. The van der Waals surface area contributed by atoms with Crippen molar-refractivity contribution >= 4 is 22.3 Å². The lowest BCUT2D eigenvalue weighted by atomic mass is 10.3. The minimum Gasteiger partial charge on any atom is -0.353 e. The number of aromatic nitrogens is 2. The van der Waals surface area contributed by atoms with Gasteiger partial charge in [-0.3, -0.25) is 0 Å². The van der Waals surface area contributed by atoms with Crippen molar-refractivity contribution in [2.45, 2.75) is 0 Å². The minimum atomic E-state index is -0.421. The highest BCUT2D eigenvalue weighted by molar-refractivity contribution is 7.13. The van der Waals surface area contributed by atoms with Crippen LogP contribution in [-0.2, 0) is 0 Å². The number of hydrogen-bond donors (Lipinski definition) is 0. The van der Waals surface area contributed by atoms with Crippen molar-refractivity contribution in [2.75, 3.05) is 36.0 Å². The Morgan fingerprint density at radius 2 is 1.89 bits per heavy atom. The van der Waals surface area contributed by atoms with Crippen LogP contribution in [0.1, 0.15) is 0 Å². The summed E-state index contributed by atoms with van der Waals surface area (Å²) in [7, 11) is 0. The Balaban J connectivity index is 1.67. The van der Waals surface area contributed by atoms with Gasteiger partial charge in [0.2, 0.25) is 5.95 Å². The number of nitrogens with zero attached hydrogens (tertiary/aromatic N) is 4. The number of pyridine rings is 1. The van der Waals surface area contributed by atoms with Crippen LogP contribution in [0.4, 0.5) is 15.3 Å². The summed E-state index contributed by atoms with van der Waals surface area (Å²) in [5, 5.41) is 3.04. The molecule has 1 aliphatic heterocycles. The van der Waals surface area contributed by atoms with Gasteiger partial charge in [-0.05, 0) is 12.1 Å². The molecule has 0 radical (unpaired) electrons. The van der Waals surface area contributed by atoms with Gasteiger partial charge < -0.3 is 9.80 Å². The molecule has 0 N–H and O–H groups in total. The molecular formula is C12H13FN4S. The van der Waals surface area contributed by atoms with Crippen molar-refractivity contribution in [3.05, 3.63) is 35.7 Å². The van der Waals surface area contributed by atoms with Crippen LogP contribution in [0.25, 0.3) is 0 Å². The van der Waals surface area contributed by atoms with Gasteiger partial charge in [0.1, 0.15) is 5.82 Å². The van der Waals surface area contributed by atoms with Gasteiger partial charge >= 0.3 is 0 Å². The zero-order chi connectivity index (χ0) is 12.4. The highest BCUT2D eigenvalue weighted by Crippen LogP contribution is 2.20. The van der Waals surface area contributed by atoms with Gasteiger partial charge in [-0.2, -0.15) is 4.39 Å². The van der Waals surface area contributed by atoms with Gasteiger partial charge in [-0.1, -0.05) is 6.07 Å². The van der Waals surface area contributed by atoms with E-state index in [2.05, 4.69) is 19.8 Å². The fourth-order valence-corrected chi connectivity index (χ4v) is 2.77. The number of piperazine rings is 1. The summed E-state index contributed by atoms with van der Waals surface area (Å²) < 4.78 is 13.1. The highest BCUT2D eigenvalue weighted by atomic mass is 32.1. The fraction of sp³-hybridized carbons (Fsp3) is 0.333. The van der Waals surface area contributed by atoms with E-state index in [1.165, 1.54) is 6.07 Å². The molecule has 0 aromatic carbocycles. The van der Waals surface area contributed by atoms with E-state index in [0.717, 1.165) is 31.3 Å². The molecule has 0 bridgehead atoms. The molecule has 1 fully saturated rings. The molecule has 0 unspecified atom stereocenters. The monoisotopic (exact) mass is 264 g/mol. The summed E-state index contributed by atoms with van der Waals surface area (Å²) in [6.45, 7) is 3.48. The molecular weight excluding hydrogens is 251 g/mol. The molecule has 18 heavy (non-hydrogen) atoms. The van der Waals surface area contributed by atoms with Gasteiger partial charge in [-0.25, -0.2) is 9.97 Å². The smallest absolute Gasteiger partial charge is 0.214 e. The zero-order valence-corrected chi connectivity index (χ0v) is 10.6. The zero-order valence-electron chi connectivity index (χ0n) is 9.79. The first kappa shape index (κ1) is 11.4. The average Bonchev–Trinajstić information content (AvgIpc) is 2.93. The summed E-state index contributed by atoms with van der Waals surface area (Å²) in [6, 6.07) is 4.92. The predicted molar refractivity (Wildman–Crippen MR) is 70.7 cm³/mol. The first-order valence-corrected chi connectivity index (χ1v) is 6.73. The second-order valence-corrected chi connectivity index (χ2v) is 4.98. The maximum absolute atomic E-state index is 13.1. The molecule has 4 nitrogen and oxygen atoms in total. The molecule has 1 aliphatic rings. The number of thiazole rings is 1. The SMILES string of the molecule is Fc1cccc(N2CCN(c3nccs3)CC2)n1. The van der Waals surface area contributed by atoms with E-state index in [4.69, 9.17) is 0 Å². The average molecular weight is 264 g/mol. The second-order valence-electron chi connectivity index (χ2n) is 4.11. The highest BCUT2D eigenvalue weighted by Gasteiger charge is 2.19. The van der Waals surface area contributed by atoms with E-state index in [9.17, 15) is 4.39 Å². The molecule has 94 valence electrons. The Labute approximate surface area is 109 Å². The molecule has 0 atom stereocenters. The van der Waals surface area contributed by atoms with E-state index >= 15 is 0 Å². The lowest BCUT2D eigenvalue weighted by Crippen LogP contribution is -2.46. The fourth-order valence-electron chi connectivity index (χ4n) is 2.07. The topological polar surface area (TPSA) is 32.3 Å². The van der Waals surface area contributed by atoms with Crippen molar-refractivity contribution in [3.63, 3.8) is 0 Å². The van der Waals surface area contributed by atoms with Gasteiger partial charge in [0.25, 0.3) is 0 Å². The molecule has 6 heteroatoms. The van der Waals surface area contributed by atoms with Crippen LogP contribution in [0.3, 0.4) is 0 Å². The Morgan fingerprint density at radius 3 is 2.56 bits per heavy atom. The standard InChI is InChI=1S/C12H13FN4S/c13-10-2-1-3-11(15-10)16-5-7-17(8-6-16)12-14-4-9-18-12/h1-4,9H,5-8H2. The summed E-state index contributed by atoms with van der Waals surface area (Å²) in [4.78, 5) is 12.6. The van der Waals surface area contributed by atoms with Crippen LogP contribution in [-0.4, -0.2) is 36.1 Å². The largest absolute Gasteiger partial charge is 0.353 e. The Kier molecular flexibility index (Phi) is 3.10. The third-order valence-electron chi connectivity index (χ3n) is 2.99. The lowest BCUT2D eigenvalue weighted by Gasteiger charge is -2.35. The van der Waals surface area contributed by atoms with E-state index in [1.807, 2.05) is 17.6 Å². The molecule has 1 saturated heterocycles. The molecule has 2 aromatic rings. The number of rotatable bonds is 2. The van der Waals surface area contributed by atoms with Crippen LogP contribution in [0, 0.1) is 5.95 Å². The van der Waals surface area contributed by atoms with Gasteiger partial charge in [0.15, 0.2) is 5.13 Å². The van der Waals surface area contributed by atoms with Gasteiger partial charge in [-0.15, -0.1) is 11.3 Å². The molecule has 0 saturated carbocycles. The molecule has 0 amide bonds. The molecule has 0 aliphatic carbocycles. The summed E-state index contributed by atoms with van der Waals surface area (Å²) in [5.41, 5.74) is 0. The molecule has 0 spiro atoms. The first-order chi connectivity index (χ1) is 8.83. The van der Waals surface area contributed by atoms with Crippen molar-refractivity contribution in [3.8, 4) is 0 Å². The van der Waals surface area contributed by atoms with Gasteiger partial charge in [0.05, 0.1) is 0 Å². The molecule has 3 rings (SSSR count). The van der Waals surface area contributed by atoms with E-state index in [-0.39, 0.29) is 0 Å². The van der Waals surface area contributed by atoms with Crippen LogP contribution in [0.15, 0.2) is 29.8 Å². The Hall–Kier alpha value is -1.69. The van der Waals surface area contributed by atoms with E-state index in [1.54, 1.807) is 17.4 Å². The van der Waals surface area contributed by atoms with E-state index in [0.29, 0.717) is 5.82 Å². The number of halogens is 1. The summed E-state index contributed by atoms with van der Waals surface area (Å²) in [5.74, 6) is 0.295. The Bertz CT molecular complexity index is 509. The van der Waals surface area contributed by atoms with Crippen LogP contribution in [0.2, 0.25) is 0 Å². The van der Waals surface area contributed by atoms with E-state index < -0.39 is 5.95 Å². The third-order valence-corrected chi connectivity index (χ3v) is 3.83. The van der Waals surface area contributed by atoms with Crippen LogP contribution in [0.5, 0.6) is 0 Å².